The Bertz CT molecular complexity index is 569. The number of nitrogens with zero attached hydrogens (tertiary/aromatic N) is 2. The molecule has 0 fully saturated rings. The summed E-state index contributed by atoms with van der Waals surface area (Å²) < 4.78 is 0. The molecule has 5 nitrogen and oxygen atoms in total. The minimum absolute atomic E-state index is 0.123. The van der Waals surface area contributed by atoms with Crippen LogP contribution in [0.2, 0.25) is 0 Å². The number of nitro benzene ring substituents is 1. The molecule has 7 heteroatoms. The van der Waals surface area contributed by atoms with E-state index in [2.05, 4.69) is 17.2 Å². The van der Waals surface area contributed by atoms with E-state index in [0.29, 0.717) is 0 Å². The van der Waals surface area contributed by atoms with Crippen molar-refractivity contribution in [1.82, 2.24) is 4.98 Å². The zero-order valence-electron chi connectivity index (χ0n) is 11.0. The van der Waals surface area contributed by atoms with E-state index < -0.39 is 0 Å². The molecule has 0 saturated heterocycles. The number of non-ortho nitro benzene ring substituents is 1. The fraction of sp³-hybridized carbons (Fsp3) is 0.308. The maximum absolute atomic E-state index is 10.6. The number of hydrogen-bond acceptors (Lipinski definition) is 6. The van der Waals surface area contributed by atoms with Crippen LogP contribution in [0.1, 0.15) is 18.2 Å². The molecule has 1 heterocycles. The maximum Gasteiger partial charge on any atom is 0.269 e. The number of nitro groups is 1. The van der Waals surface area contributed by atoms with E-state index in [4.69, 9.17) is 0 Å². The van der Waals surface area contributed by atoms with Crippen LogP contribution in [-0.4, -0.2) is 16.5 Å². The smallest absolute Gasteiger partial charge is 0.269 e. The lowest BCUT2D eigenvalue weighted by Gasteiger charge is -1.99. The van der Waals surface area contributed by atoms with Crippen LogP contribution < -0.4 is 5.32 Å². The third kappa shape index (κ3) is 4.21. The molecule has 2 aromatic rings. The Morgan fingerprint density at radius 1 is 1.40 bits per heavy atom. The van der Waals surface area contributed by atoms with Gasteiger partial charge >= 0.3 is 0 Å². The molecule has 0 atom stereocenters. The second kappa shape index (κ2) is 7.25. The molecule has 0 aliphatic heterocycles. The zero-order valence-corrected chi connectivity index (χ0v) is 12.7. The van der Waals surface area contributed by atoms with E-state index in [1.165, 1.54) is 17.0 Å². The van der Waals surface area contributed by atoms with Gasteiger partial charge in [-0.15, -0.1) is 23.1 Å². The summed E-state index contributed by atoms with van der Waals surface area (Å²) in [6.45, 7) is 3.05. The number of thiazole rings is 1. The molecule has 0 amide bonds. The highest BCUT2D eigenvalue weighted by atomic mass is 32.2. The van der Waals surface area contributed by atoms with Crippen molar-refractivity contribution in [3.63, 3.8) is 0 Å². The average Bonchev–Trinajstić information content (AvgIpc) is 2.91. The van der Waals surface area contributed by atoms with Crippen LogP contribution in [-0.2, 0) is 5.75 Å². The van der Waals surface area contributed by atoms with Crippen LogP contribution in [0.25, 0.3) is 0 Å². The van der Waals surface area contributed by atoms with Crippen molar-refractivity contribution >= 4 is 33.9 Å². The lowest BCUT2D eigenvalue weighted by Crippen LogP contribution is -1.97. The molecule has 0 radical (unpaired) electrons. The first kappa shape index (κ1) is 14.8. The van der Waals surface area contributed by atoms with Gasteiger partial charge in [-0.1, -0.05) is 6.92 Å². The van der Waals surface area contributed by atoms with Crippen LogP contribution >= 0.6 is 23.1 Å². The summed E-state index contributed by atoms with van der Waals surface area (Å²) in [6.07, 6.45) is 2.95. The van der Waals surface area contributed by atoms with E-state index in [-0.39, 0.29) is 10.6 Å². The van der Waals surface area contributed by atoms with Crippen LogP contribution in [0.3, 0.4) is 0 Å². The fourth-order valence-corrected chi connectivity index (χ4v) is 3.26. The predicted octanol–water partition coefficient (Wildman–Crippen LogP) is 4.17. The Kier molecular flexibility index (Phi) is 5.37. The number of benzene rings is 1. The Hall–Kier alpha value is -1.60. The van der Waals surface area contributed by atoms with Gasteiger partial charge in [0.2, 0.25) is 0 Å². The van der Waals surface area contributed by atoms with E-state index in [0.717, 1.165) is 28.7 Å². The maximum atomic E-state index is 10.6. The highest BCUT2D eigenvalue weighted by Gasteiger charge is 2.06. The van der Waals surface area contributed by atoms with Crippen molar-refractivity contribution in [2.75, 3.05) is 11.9 Å². The molecule has 106 valence electrons. The van der Waals surface area contributed by atoms with Crippen LogP contribution in [0.15, 0.2) is 35.4 Å². The second-order valence-electron chi connectivity index (χ2n) is 4.10. The summed E-state index contributed by atoms with van der Waals surface area (Å²) in [5, 5.41) is 14.8. The first-order valence-corrected chi connectivity index (χ1v) is 8.05. The van der Waals surface area contributed by atoms with Crippen molar-refractivity contribution in [3.05, 3.63) is 45.5 Å². The quantitative estimate of drug-likeness (QED) is 0.472. The Morgan fingerprint density at radius 2 is 2.15 bits per heavy atom. The molecule has 0 unspecified atom stereocenters. The van der Waals surface area contributed by atoms with Crippen molar-refractivity contribution in [2.45, 2.75) is 24.0 Å². The minimum Gasteiger partial charge on any atom is -0.362 e. The molecule has 1 N–H and O–H groups in total. The van der Waals surface area contributed by atoms with Crippen molar-refractivity contribution in [2.24, 2.45) is 0 Å². The van der Waals surface area contributed by atoms with Gasteiger partial charge < -0.3 is 5.32 Å². The van der Waals surface area contributed by atoms with Crippen LogP contribution in [0, 0.1) is 10.1 Å². The van der Waals surface area contributed by atoms with Gasteiger partial charge in [-0.3, -0.25) is 10.1 Å². The van der Waals surface area contributed by atoms with E-state index in [1.54, 1.807) is 35.2 Å². The van der Waals surface area contributed by atoms with Crippen molar-refractivity contribution in [3.8, 4) is 0 Å². The Labute approximate surface area is 125 Å². The lowest BCUT2D eigenvalue weighted by atomic mass is 10.3. The van der Waals surface area contributed by atoms with E-state index >= 15 is 0 Å². The molecule has 1 aromatic heterocycles. The summed E-state index contributed by atoms with van der Waals surface area (Å²) in [7, 11) is 0. The SMILES string of the molecule is CCCNc1ncc(CSc2ccc([N+](=O)[O-])cc2)s1. The molecular weight excluding hydrogens is 294 g/mol. The molecule has 0 bridgehead atoms. The largest absolute Gasteiger partial charge is 0.362 e. The number of nitrogens with one attached hydrogen (secondary N) is 1. The molecule has 0 saturated carbocycles. The number of aromatic nitrogens is 1. The first-order valence-electron chi connectivity index (χ1n) is 6.25. The van der Waals surface area contributed by atoms with Gasteiger partial charge in [0, 0.05) is 40.4 Å². The number of hydrogen-bond donors (Lipinski definition) is 1. The van der Waals surface area contributed by atoms with Gasteiger partial charge in [0.1, 0.15) is 0 Å². The van der Waals surface area contributed by atoms with Gasteiger partial charge in [0.25, 0.3) is 5.69 Å². The molecule has 0 spiro atoms. The number of rotatable bonds is 7. The van der Waals surface area contributed by atoms with Crippen molar-refractivity contribution < 1.29 is 4.92 Å². The summed E-state index contributed by atoms with van der Waals surface area (Å²) in [4.78, 5) is 16.7. The molecule has 1 aromatic carbocycles. The summed E-state index contributed by atoms with van der Waals surface area (Å²) in [5.74, 6) is 0.823. The number of thioether (sulfide) groups is 1. The minimum atomic E-state index is -0.386. The van der Waals surface area contributed by atoms with Crippen LogP contribution in [0.4, 0.5) is 10.8 Å². The molecule has 0 aliphatic rings. The third-order valence-electron chi connectivity index (χ3n) is 2.51. The third-order valence-corrected chi connectivity index (χ3v) is 4.71. The van der Waals surface area contributed by atoms with Crippen LogP contribution in [0.5, 0.6) is 0 Å². The van der Waals surface area contributed by atoms with E-state index in [1.807, 2.05) is 6.20 Å². The van der Waals surface area contributed by atoms with Gasteiger partial charge in [-0.05, 0) is 18.6 Å². The highest BCUT2D eigenvalue weighted by Crippen LogP contribution is 2.28. The van der Waals surface area contributed by atoms with E-state index in [9.17, 15) is 10.1 Å². The molecular formula is C13H15N3O2S2. The van der Waals surface area contributed by atoms with Gasteiger partial charge in [-0.2, -0.15) is 0 Å². The Balaban J connectivity index is 1.88. The summed E-state index contributed by atoms with van der Waals surface area (Å²) >= 11 is 3.30. The topological polar surface area (TPSA) is 68.1 Å². The predicted molar refractivity (Wildman–Crippen MR) is 83.6 cm³/mol. The van der Waals surface area contributed by atoms with Gasteiger partial charge in [-0.25, -0.2) is 4.98 Å². The summed E-state index contributed by atoms with van der Waals surface area (Å²) in [5.41, 5.74) is 0.123. The standard InChI is InChI=1S/C13H15N3O2S2/c1-2-7-14-13-15-8-12(20-13)9-19-11-5-3-10(4-6-11)16(17)18/h3-6,8H,2,7,9H2,1H3,(H,14,15). The Morgan fingerprint density at radius 3 is 2.80 bits per heavy atom. The van der Waals surface area contributed by atoms with Gasteiger partial charge in [0.05, 0.1) is 4.92 Å². The zero-order chi connectivity index (χ0) is 14.4. The highest BCUT2D eigenvalue weighted by molar-refractivity contribution is 7.98. The lowest BCUT2D eigenvalue weighted by molar-refractivity contribution is -0.384. The molecule has 0 aliphatic carbocycles. The average molecular weight is 309 g/mol. The molecule has 2 rings (SSSR count). The summed E-state index contributed by atoms with van der Waals surface area (Å²) in [6, 6.07) is 6.62. The monoisotopic (exact) mass is 309 g/mol. The van der Waals surface area contributed by atoms with Crippen molar-refractivity contribution in [1.29, 1.82) is 0 Å². The fourth-order valence-electron chi connectivity index (χ4n) is 1.51. The normalized spacial score (nSPS) is 10.4. The number of anilines is 1. The second-order valence-corrected chi connectivity index (χ2v) is 6.26. The first-order chi connectivity index (χ1) is 9.69. The van der Waals surface area contributed by atoms with Gasteiger partial charge in [0.15, 0.2) is 5.13 Å². The molecule has 20 heavy (non-hydrogen) atoms.